The number of rotatable bonds is 3. The normalized spacial score (nSPS) is 28.2. The fraction of sp³-hybridized carbons (Fsp3) is 0.917. The molecule has 1 amide bonds. The topological polar surface area (TPSA) is 57.7 Å². The molecule has 0 radical (unpaired) electrons. The Bertz CT molecular complexity index is 442. The van der Waals surface area contributed by atoms with Crippen molar-refractivity contribution in [1.82, 2.24) is 9.21 Å². The van der Waals surface area contributed by atoms with Crippen LogP contribution in [0.25, 0.3) is 0 Å². The summed E-state index contributed by atoms with van der Waals surface area (Å²) in [6, 6.07) is -0.0231. The van der Waals surface area contributed by atoms with Gasteiger partial charge in [0.25, 0.3) is 0 Å². The minimum atomic E-state index is -3.13. The van der Waals surface area contributed by atoms with E-state index in [9.17, 15) is 13.2 Å². The summed E-state index contributed by atoms with van der Waals surface area (Å²) < 4.78 is 25.1. The van der Waals surface area contributed by atoms with Crippen molar-refractivity contribution in [3.63, 3.8) is 0 Å². The highest BCUT2D eigenvalue weighted by Crippen LogP contribution is 2.47. The highest BCUT2D eigenvalue weighted by atomic mass is 32.2. The summed E-state index contributed by atoms with van der Waals surface area (Å²) in [6.07, 6.45) is 1.93. The van der Waals surface area contributed by atoms with E-state index in [4.69, 9.17) is 0 Å². The molecule has 104 valence electrons. The maximum Gasteiger partial charge on any atom is 0.228 e. The van der Waals surface area contributed by atoms with Crippen LogP contribution in [0.4, 0.5) is 0 Å². The quantitative estimate of drug-likeness (QED) is 0.760. The molecule has 0 aromatic carbocycles. The Kier molecular flexibility index (Phi) is 3.44. The molecule has 1 saturated carbocycles. The number of amides is 1. The van der Waals surface area contributed by atoms with Crippen LogP contribution in [0.1, 0.15) is 33.6 Å². The van der Waals surface area contributed by atoms with Gasteiger partial charge in [0.05, 0.1) is 5.75 Å². The summed E-state index contributed by atoms with van der Waals surface area (Å²) in [5.74, 6) is 0.328. The lowest BCUT2D eigenvalue weighted by Gasteiger charge is -2.40. The van der Waals surface area contributed by atoms with Crippen LogP contribution in [0.2, 0.25) is 0 Å². The SMILES string of the molecule is CCS(=O)(=O)N1CCN(C(=O)C2(C)CC2)[C@H](C)C1. The first-order valence-electron chi connectivity index (χ1n) is 6.59. The van der Waals surface area contributed by atoms with Crippen molar-refractivity contribution in [3.05, 3.63) is 0 Å². The van der Waals surface area contributed by atoms with E-state index >= 15 is 0 Å². The highest BCUT2D eigenvalue weighted by molar-refractivity contribution is 7.89. The summed E-state index contributed by atoms with van der Waals surface area (Å²) in [5.41, 5.74) is -0.167. The van der Waals surface area contributed by atoms with E-state index < -0.39 is 10.0 Å². The van der Waals surface area contributed by atoms with Gasteiger partial charge in [-0.15, -0.1) is 0 Å². The fourth-order valence-electron chi connectivity index (χ4n) is 2.41. The largest absolute Gasteiger partial charge is 0.337 e. The molecule has 2 aliphatic rings. The lowest BCUT2D eigenvalue weighted by molar-refractivity contribution is -0.140. The van der Waals surface area contributed by atoms with Gasteiger partial charge in [-0.1, -0.05) is 6.92 Å². The molecule has 1 aliphatic carbocycles. The number of sulfonamides is 1. The molecule has 5 nitrogen and oxygen atoms in total. The van der Waals surface area contributed by atoms with Crippen LogP contribution in [-0.4, -0.2) is 55.0 Å². The summed E-state index contributed by atoms with van der Waals surface area (Å²) in [6.45, 7) is 6.97. The van der Waals surface area contributed by atoms with Crippen molar-refractivity contribution in [2.24, 2.45) is 5.41 Å². The first kappa shape index (κ1) is 13.8. The van der Waals surface area contributed by atoms with Crippen LogP contribution < -0.4 is 0 Å². The maximum atomic E-state index is 12.3. The second-order valence-corrected chi connectivity index (χ2v) is 7.92. The van der Waals surface area contributed by atoms with Crippen molar-refractivity contribution in [2.75, 3.05) is 25.4 Å². The molecule has 1 aliphatic heterocycles. The molecule has 1 saturated heterocycles. The first-order chi connectivity index (χ1) is 8.30. The second-order valence-electron chi connectivity index (χ2n) is 5.67. The Balaban J connectivity index is 2.03. The average Bonchev–Trinajstić information content (AvgIpc) is 3.07. The van der Waals surface area contributed by atoms with E-state index in [0.717, 1.165) is 12.8 Å². The smallest absolute Gasteiger partial charge is 0.228 e. The Hall–Kier alpha value is -0.620. The van der Waals surface area contributed by atoms with Gasteiger partial charge in [0.15, 0.2) is 0 Å². The lowest BCUT2D eigenvalue weighted by atomic mass is 10.1. The zero-order valence-electron chi connectivity index (χ0n) is 11.3. The summed E-state index contributed by atoms with van der Waals surface area (Å²) in [5, 5.41) is 0. The van der Waals surface area contributed by atoms with E-state index in [1.54, 1.807) is 6.92 Å². The molecule has 0 unspecified atom stereocenters. The first-order valence-corrected chi connectivity index (χ1v) is 8.20. The third kappa shape index (κ3) is 2.40. The molecule has 2 fully saturated rings. The Morgan fingerprint density at radius 2 is 1.94 bits per heavy atom. The van der Waals surface area contributed by atoms with E-state index in [0.29, 0.717) is 19.6 Å². The molecule has 0 aromatic rings. The van der Waals surface area contributed by atoms with Crippen molar-refractivity contribution in [1.29, 1.82) is 0 Å². The number of nitrogens with zero attached hydrogens (tertiary/aromatic N) is 2. The summed E-state index contributed by atoms with van der Waals surface area (Å²) >= 11 is 0. The van der Waals surface area contributed by atoms with Gasteiger partial charge >= 0.3 is 0 Å². The number of carbonyl (C=O) groups is 1. The van der Waals surface area contributed by atoms with Gasteiger partial charge in [-0.25, -0.2) is 8.42 Å². The van der Waals surface area contributed by atoms with E-state index in [1.807, 2.05) is 18.7 Å². The highest BCUT2D eigenvalue weighted by Gasteiger charge is 2.48. The molecule has 6 heteroatoms. The van der Waals surface area contributed by atoms with Crippen molar-refractivity contribution < 1.29 is 13.2 Å². The Labute approximate surface area is 109 Å². The summed E-state index contributed by atoms with van der Waals surface area (Å²) in [7, 11) is -3.13. The molecular formula is C12H22N2O3S. The standard InChI is InChI=1S/C12H22N2O3S/c1-4-18(16,17)13-7-8-14(10(2)9-13)11(15)12(3)5-6-12/h10H,4-9H2,1-3H3/t10-/m1/s1. The van der Waals surface area contributed by atoms with Crippen LogP contribution in [-0.2, 0) is 14.8 Å². The molecule has 18 heavy (non-hydrogen) atoms. The third-order valence-corrected chi connectivity index (χ3v) is 5.97. The van der Waals surface area contributed by atoms with E-state index in [-0.39, 0.29) is 23.1 Å². The van der Waals surface area contributed by atoms with Gasteiger partial charge in [0.2, 0.25) is 15.9 Å². The lowest BCUT2D eigenvalue weighted by Crippen LogP contribution is -2.56. The predicted octanol–water partition coefficient (Wildman–Crippen LogP) is 0.669. The molecule has 1 atom stereocenters. The second kappa shape index (κ2) is 4.49. The summed E-state index contributed by atoms with van der Waals surface area (Å²) in [4.78, 5) is 14.1. The van der Waals surface area contributed by atoms with Crippen molar-refractivity contribution >= 4 is 15.9 Å². The number of carbonyl (C=O) groups excluding carboxylic acids is 1. The molecular weight excluding hydrogens is 252 g/mol. The molecule has 1 heterocycles. The minimum absolute atomic E-state index is 0.0231. The monoisotopic (exact) mass is 274 g/mol. The zero-order chi connectivity index (χ0) is 13.6. The molecule has 0 spiro atoms. The molecule has 0 bridgehead atoms. The number of piperazine rings is 1. The Morgan fingerprint density at radius 3 is 2.39 bits per heavy atom. The van der Waals surface area contributed by atoms with Crippen LogP contribution in [0, 0.1) is 5.41 Å². The maximum absolute atomic E-state index is 12.3. The van der Waals surface area contributed by atoms with Crippen molar-refractivity contribution in [3.8, 4) is 0 Å². The average molecular weight is 274 g/mol. The van der Waals surface area contributed by atoms with Crippen LogP contribution in [0.3, 0.4) is 0 Å². The molecule has 0 N–H and O–H groups in total. The van der Waals surface area contributed by atoms with Gasteiger partial charge in [-0.2, -0.15) is 4.31 Å². The van der Waals surface area contributed by atoms with Crippen molar-refractivity contribution in [2.45, 2.75) is 39.7 Å². The van der Waals surface area contributed by atoms with Gasteiger partial charge in [-0.05, 0) is 26.7 Å². The molecule has 2 rings (SSSR count). The number of hydrogen-bond acceptors (Lipinski definition) is 3. The van der Waals surface area contributed by atoms with Gasteiger partial charge in [-0.3, -0.25) is 4.79 Å². The number of hydrogen-bond donors (Lipinski definition) is 0. The Morgan fingerprint density at radius 1 is 1.33 bits per heavy atom. The fourth-order valence-corrected chi connectivity index (χ4v) is 3.58. The van der Waals surface area contributed by atoms with Crippen LogP contribution in [0.5, 0.6) is 0 Å². The van der Waals surface area contributed by atoms with Gasteiger partial charge in [0.1, 0.15) is 0 Å². The molecule has 0 aromatic heterocycles. The van der Waals surface area contributed by atoms with Crippen LogP contribution in [0.15, 0.2) is 0 Å². The van der Waals surface area contributed by atoms with E-state index in [2.05, 4.69) is 0 Å². The predicted molar refractivity (Wildman–Crippen MR) is 69.5 cm³/mol. The van der Waals surface area contributed by atoms with Gasteiger partial charge in [0, 0.05) is 31.1 Å². The van der Waals surface area contributed by atoms with Gasteiger partial charge < -0.3 is 4.90 Å². The van der Waals surface area contributed by atoms with E-state index in [1.165, 1.54) is 4.31 Å². The third-order valence-electron chi connectivity index (χ3n) is 4.13. The van der Waals surface area contributed by atoms with Crippen LogP contribution >= 0.6 is 0 Å². The zero-order valence-corrected chi connectivity index (χ0v) is 12.2. The minimum Gasteiger partial charge on any atom is -0.337 e.